The Morgan fingerprint density at radius 3 is 2.70 bits per heavy atom. The van der Waals surface area contributed by atoms with Gasteiger partial charge in [-0.25, -0.2) is 4.79 Å². The number of carbonyl (C=O) groups is 2. The first kappa shape index (κ1) is 6.85. The van der Waals surface area contributed by atoms with Gasteiger partial charge >= 0.3 is 6.09 Å². The molecular formula is C5H8N2O3. The molecule has 1 atom stereocenters. The average Bonchev–Trinajstić information content (AvgIpc) is 2.14. The summed E-state index contributed by atoms with van der Waals surface area (Å²) in [6, 6.07) is -0.590. The smallest absolute Gasteiger partial charge is 0.410 e. The summed E-state index contributed by atoms with van der Waals surface area (Å²) in [6.07, 6.45) is -0.496. The lowest BCUT2D eigenvalue weighted by atomic mass is 10.3. The number of amides is 2. The molecule has 56 valence electrons. The zero-order valence-electron chi connectivity index (χ0n) is 5.53. The Bertz CT molecular complexity index is 180. The minimum absolute atomic E-state index is 0.0741. The topological polar surface area (TPSA) is 72.6 Å². The van der Waals surface area contributed by atoms with Crippen molar-refractivity contribution in [3.05, 3.63) is 0 Å². The molecule has 1 aliphatic rings. The average molecular weight is 144 g/mol. The van der Waals surface area contributed by atoms with Gasteiger partial charge in [0.25, 0.3) is 0 Å². The van der Waals surface area contributed by atoms with Crippen molar-refractivity contribution in [1.29, 1.82) is 0 Å². The molecule has 1 heterocycles. The Balaban J connectivity index is 2.66. The Kier molecular flexibility index (Phi) is 1.48. The number of nitrogens with two attached hydrogens (primary N) is 1. The molecule has 1 fully saturated rings. The van der Waals surface area contributed by atoms with Crippen LogP contribution in [0.3, 0.4) is 0 Å². The molecule has 0 saturated carbocycles. The van der Waals surface area contributed by atoms with Crippen LogP contribution in [0.15, 0.2) is 0 Å². The summed E-state index contributed by atoms with van der Waals surface area (Å²) in [5.41, 5.74) is 4.94. The van der Waals surface area contributed by atoms with Crippen LogP contribution >= 0.6 is 0 Å². The molecule has 1 rings (SSSR count). The zero-order valence-corrected chi connectivity index (χ0v) is 5.53. The van der Waals surface area contributed by atoms with Gasteiger partial charge in [0.1, 0.15) is 12.6 Å². The molecule has 2 N–H and O–H groups in total. The van der Waals surface area contributed by atoms with Gasteiger partial charge in [0.05, 0.1) is 0 Å². The number of hydrogen-bond donors (Lipinski definition) is 1. The van der Waals surface area contributed by atoms with Crippen LogP contribution in [0.1, 0.15) is 0 Å². The molecule has 0 radical (unpaired) electrons. The molecule has 5 nitrogen and oxygen atoms in total. The van der Waals surface area contributed by atoms with Crippen molar-refractivity contribution < 1.29 is 14.3 Å². The predicted molar refractivity (Wildman–Crippen MR) is 32.1 cm³/mol. The van der Waals surface area contributed by atoms with Crippen molar-refractivity contribution >= 4 is 12.0 Å². The first-order valence-corrected chi connectivity index (χ1v) is 2.82. The zero-order chi connectivity index (χ0) is 7.72. The number of rotatable bonds is 1. The van der Waals surface area contributed by atoms with Crippen LogP contribution in [0.5, 0.6) is 0 Å². The molecule has 2 amide bonds. The Morgan fingerprint density at radius 1 is 1.90 bits per heavy atom. The number of primary amides is 1. The van der Waals surface area contributed by atoms with Gasteiger partial charge in [-0.3, -0.25) is 9.69 Å². The second-order valence-corrected chi connectivity index (χ2v) is 2.11. The molecule has 1 saturated heterocycles. The van der Waals surface area contributed by atoms with E-state index in [0.717, 1.165) is 0 Å². The van der Waals surface area contributed by atoms with E-state index >= 15 is 0 Å². The highest BCUT2D eigenvalue weighted by Gasteiger charge is 2.33. The van der Waals surface area contributed by atoms with Crippen molar-refractivity contribution in [2.24, 2.45) is 5.73 Å². The van der Waals surface area contributed by atoms with Crippen molar-refractivity contribution in [3.8, 4) is 0 Å². The summed E-state index contributed by atoms with van der Waals surface area (Å²) in [7, 11) is 1.48. The summed E-state index contributed by atoms with van der Waals surface area (Å²) in [5, 5.41) is 0. The van der Waals surface area contributed by atoms with Gasteiger partial charge in [0.2, 0.25) is 5.91 Å². The number of carbonyl (C=O) groups excluding carboxylic acids is 2. The monoisotopic (exact) mass is 144 g/mol. The highest BCUT2D eigenvalue weighted by molar-refractivity contribution is 5.86. The largest absolute Gasteiger partial charge is 0.447 e. The molecule has 0 aromatic carbocycles. The third kappa shape index (κ3) is 0.896. The van der Waals surface area contributed by atoms with Crippen LogP contribution in [0, 0.1) is 0 Å². The van der Waals surface area contributed by atoms with Crippen molar-refractivity contribution in [1.82, 2.24) is 4.90 Å². The molecular weight excluding hydrogens is 136 g/mol. The van der Waals surface area contributed by atoms with Gasteiger partial charge in [-0.2, -0.15) is 0 Å². The number of ether oxygens (including phenoxy) is 1. The first-order chi connectivity index (χ1) is 4.63. The van der Waals surface area contributed by atoms with E-state index in [1.54, 1.807) is 0 Å². The van der Waals surface area contributed by atoms with E-state index in [9.17, 15) is 9.59 Å². The van der Waals surface area contributed by atoms with E-state index in [-0.39, 0.29) is 6.61 Å². The van der Waals surface area contributed by atoms with Crippen LogP contribution < -0.4 is 5.73 Å². The number of nitrogens with zero attached hydrogens (tertiary/aromatic N) is 1. The summed E-state index contributed by atoms with van der Waals surface area (Å²) in [4.78, 5) is 22.3. The highest BCUT2D eigenvalue weighted by atomic mass is 16.6. The van der Waals surface area contributed by atoms with Gasteiger partial charge < -0.3 is 10.5 Å². The lowest BCUT2D eigenvalue weighted by Gasteiger charge is -2.10. The second-order valence-electron chi connectivity index (χ2n) is 2.11. The van der Waals surface area contributed by atoms with Crippen LogP contribution in [-0.4, -0.2) is 36.6 Å². The van der Waals surface area contributed by atoms with Crippen molar-refractivity contribution in [2.45, 2.75) is 6.04 Å². The van der Waals surface area contributed by atoms with E-state index < -0.39 is 18.0 Å². The SMILES string of the molecule is CN1C(=O)OCC1C(N)=O. The van der Waals surface area contributed by atoms with E-state index in [1.807, 2.05) is 0 Å². The Labute approximate surface area is 57.7 Å². The minimum Gasteiger partial charge on any atom is -0.447 e. The molecule has 0 bridgehead atoms. The number of likely N-dealkylation sites (N-methyl/N-ethyl adjacent to an activating group) is 1. The lowest BCUT2D eigenvalue weighted by molar-refractivity contribution is -0.121. The van der Waals surface area contributed by atoms with Crippen LogP contribution in [0.2, 0.25) is 0 Å². The molecule has 0 aliphatic carbocycles. The summed E-state index contributed by atoms with van der Waals surface area (Å²) < 4.78 is 4.53. The fraction of sp³-hybridized carbons (Fsp3) is 0.600. The van der Waals surface area contributed by atoms with E-state index in [2.05, 4.69) is 4.74 Å². The maximum absolute atomic E-state index is 10.6. The van der Waals surface area contributed by atoms with Crippen LogP contribution in [0.25, 0.3) is 0 Å². The predicted octanol–water partition coefficient (Wildman–Crippen LogP) is -1.08. The molecule has 0 aromatic rings. The van der Waals surface area contributed by atoms with E-state index in [4.69, 9.17) is 5.73 Å². The highest BCUT2D eigenvalue weighted by Crippen LogP contribution is 2.07. The number of cyclic esters (lactones) is 1. The molecule has 0 aromatic heterocycles. The summed E-state index contributed by atoms with van der Waals surface area (Å²) in [6.45, 7) is 0.0741. The maximum Gasteiger partial charge on any atom is 0.410 e. The van der Waals surface area contributed by atoms with E-state index in [0.29, 0.717) is 0 Å². The van der Waals surface area contributed by atoms with E-state index in [1.165, 1.54) is 11.9 Å². The molecule has 10 heavy (non-hydrogen) atoms. The Hall–Kier alpha value is -1.26. The van der Waals surface area contributed by atoms with Gasteiger partial charge in [-0.1, -0.05) is 0 Å². The molecule has 0 spiro atoms. The van der Waals surface area contributed by atoms with Crippen molar-refractivity contribution in [2.75, 3.05) is 13.7 Å². The minimum atomic E-state index is -0.590. The quantitative estimate of drug-likeness (QED) is 0.509. The fourth-order valence-corrected chi connectivity index (χ4v) is 0.764. The number of hydrogen-bond acceptors (Lipinski definition) is 3. The van der Waals surface area contributed by atoms with Crippen molar-refractivity contribution in [3.63, 3.8) is 0 Å². The van der Waals surface area contributed by atoms with Gasteiger partial charge in [0, 0.05) is 7.05 Å². The molecule has 1 unspecified atom stereocenters. The Morgan fingerprint density at radius 2 is 2.50 bits per heavy atom. The lowest BCUT2D eigenvalue weighted by Crippen LogP contribution is -2.40. The molecule has 1 aliphatic heterocycles. The van der Waals surface area contributed by atoms with Gasteiger partial charge in [-0.15, -0.1) is 0 Å². The van der Waals surface area contributed by atoms with Gasteiger partial charge in [0.15, 0.2) is 0 Å². The third-order valence-electron chi connectivity index (χ3n) is 1.45. The normalized spacial score (nSPS) is 24.7. The maximum atomic E-state index is 10.6. The standard InChI is InChI=1S/C5H8N2O3/c1-7-3(4(6)8)2-10-5(7)9/h3H,2H2,1H3,(H2,6,8). The summed E-state index contributed by atoms with van der Waals surface area (Å²) in [5.74, 6) is -0.534. The summed E-state index contributed by atoms with van der Waals surface area (Å²) >= 11 is 0. The third-order valence-corrected chi connectivity index (χ3v) is 1.45. The molecule has 5 heteroatoms. The second kappa shape index (κ2) is 2.17. The van der Waals surface area contributed by atoms with Crippen LogP contribution in [0.4, 0.5) is 4.79 Å². The van der Waals surface area contributed by atoms with Gasteiger partial charge in [-0.05, 0) is 0 Å². The first-order valence-electron chi connectivity index (χ1n) is 2.82. The van der Waals surface area contributed by atoms with Crippen LogP contribution in [-0.2, 0) is 9.53 Å². The fourth-order valence-electron chi connectivity index (χ4n) is 0.764.